The highest BCUT2D eigenvalue weighted by Crippen LogP contribution is 2.07. The van der Waals surface area contributed by atoms with Gasteiger partial charge in [-0.25, -0.2) is 4.68 Å². The van der Waals surface area contributed by atoms with Crippen molar-refractivity contribution in [2.24, 2.45) is 0 Å². The highest BCUT2D eigenvalue weighted by atomic mass is 32.1. The Kier molecular flexibility index (Phi) is 3.10. The number of hydrogen-bond donors (Lipinski definition) is 1. The quantitative estimate of drug-likeness (QED) is 0.648. The van der Waals surface area contributed by atoms with Crippen molar-refractivity contribution in [3.8, 4) is 0 Å². The van der Waals surface area contributed by atoms with Gasteiger partial charge in [-0.15, -0.1) is 0 Å². The normalized spacial score (nSPS) is 10.6. The largest absolute Gasteiger partial charge is 0.274 e. The van der Waals surface area contributed by atoms with Gasteiger partial charge in [-0.3, -0.25) is 4.79 Å². The van der Waals surface area contributed by atoms with E-state index in [4.69, 9.17) is 0 Å². The molecular weight excluding hydrogens is 220 g/mol. The summed E-state index contributed by atoms with van der Waals surface area (Å²) >= 11 is 4.11. The number of thiol groups is 1. The van der Waals surface area contributed by atoms with Crippen molar-refractivity contribution in [1.82, 2.24) is 9.78 Å². The molecule has 1 heterocycles. The molecule has 82 valence electrons. The van der Waals surface area contributed by atoms with Crippen molar-refractivity contribution in [1.29, 1.82) is 0 Å². The lowest BCUT2D eigenvalue weighted by Crippen LogP contribution is -2.23. The van der Waals surface area contributed by atoms with Crippen LogP contribution in [0.25, 0.3) is 10.8 Å². The minimum atomic E-state index is -0.0824. The third-order valence-electron chi connectivity index (χ3n) is 2.36. The van der Waals surface area contributed by atoms with Crippen LogP contribution in [-0.4, -0.2) is 15.5 Å². The molecule has 2 rings (SSSR count). The molecule has 16 heavy (non-hydrogen) atoms. The van der Waals surface area contributed by atoms with Crippen LogP contribution in [-0.2, 0) is 6.54 Å². The summed E-state index contributed by atoms with van der Waals surface area (Å²) < 4.78 is 1.42. The van der Waals surface area contributed by atoms with Gasteiger partial charge in [-0.1, -0.05) is 24.8 Å². The monoisotopic (exact) mass is 232 g/mol. The maximum absolute atomic E-state index is 12.0. The van der Waals surface area contributed by atoms with Crippen LogP contribution >= 0.6 is 12.6 Å². The molecule has 0 spiro atoms. The van der Waals surface area contributed by atoms with E-state index in [9.17, 15) is 4.79 Å². The van der Waals surface area contributed by atoms with Crippen molar-refractivity contribution >= 4 is 23.4 Å². The molecule has 3 nitrogen and oxygen atoms in total. The first-order valence-corrected chi connectivity index (χ1v) is 5.58. The Morgan fingerprint density at radius 1 is 1.44 bits per heavy atom. The van der Waals surface area contributed by atoms with Crippen LogP contribution < -0.4 is 5.56 Å². The van der Waals surface area contributed by atoms with Gasteiger partial charge in [-0.2, -0.15) is 17.7 Å². The molecule has 0 unspecified atom stereocenters. The Bertz CT molecular complexity index is 589. The Labute approximate surface area is 98.8 Å². The maximum atomic E-state index is 12.0. The van der Waals surface area contributed by atoms with E-state index in [0.717, 1.165) is 11.0 Å². The summed E-state index contributed by atoms with van der Waals surface area (Å²) in [5, 5.41) is 5.65. The van der Waals surface area contributed by atoms with E-state index in [-0.39, 0.29) is 5.56 Å². The number of rotatable bonds is 3. The van der Waals surface area contributed by atoms with Crippen LogP contribution in [0.2, 0.25) is 0 Å². The summed E-state index contributed by atoms with van der Waals surface area (Å²) in [5.74, 6) is 0.556. The smallest absolute Gasteiger partial charge is 0.267 e. The average Bonchev–Trinajstić information content (AvgIpc) is 2.33. The summed E-state index contributed by atoms with van der Waals surface area (Å²) in [7, 11) is 0. The molecule has 0 fully saturated rings. The number of aromatic nitrogens is 2. The summed E-state index contributed by atoms with van der Waals surface area (Å²) in [4.78, 5) is 12.0. The Morgan fingerprint density at radius 2 is 2.19 bits per heavy atom. The Balaban J connectivity index is 2.53. The second kappa shape index (κ2) is 4.53. The predicted octanol–water partition coefficient (Wildman–Crippen LogP) is 1.88. The molecule has 0 N–H and O–H groups in total. The zero-order valence-electron chi connectivity index (χ0n) is 8.76. The van der Waals surface area contributed by atoms with Gasteiger partial charge in [0.2, 0.25) is 0 Å². The standard InChI is InChI=1S/C12H12N2OS/c1-9(8-16)7-14-12(15)11-5-3-2-4-10(11)6-13-14/h2-6,16H,1,7-8H2. The highest BCUT2D eigenvalue weighted by Gasteiger charge is 2.03. The van der Waals surface area contributed by atoms with Crippen LogP contribution in [0.1, 0.15) is 0 Å². The van der Waals surface area contributed by atoms with E-state index < -0.39 is 0 Å². The first kappa shape index (κ1) is 11.0. The zero-order chi connectivity index (χ0) is 11.5. The second-order valence-corrected chi connectivity index (χ2v) is 3.92. The minimum Gasteiger partial charge on any atom is -0.267 e. The lowest BCUT2D eigenvalue weighted by molar-refractivity contribution is 0.642. The Morgan fingerprint density at radius 3 is 2.94 bits per heavy atom. The number of fused-ring (bicyclic) bond motifs is 1. The van der Waals surface area contributed by atoms with Crippen LogP contribution in [0, 0.1) is 0 Å². The third kappa shape index (κ3) is 2.02. The molecule has 2 aromatic rings. The van der Waals surface area contributed by atoms with Gasteiger partial charge in [0.25, 0.3) is 5.56 Å². The number of benzene rings is 1. The van der Waals surface area contributed by atoms with E-state index >= 15 is 0 Å². The van der Waals surface area contributed by atoms with Gasteiger partial charge in [0, 0.05) is 11.1 Å². The lowest BCUT2D eigenvalue weighted by Gasteiger charge is -2.06. The molecular formula is C12H12N2OS. The van der Waals surface area contributed by atoms with Gasteiger partial charge < -0.3 is 0 Å². The van der Waals surface area contributed by atoms with Crippen molar-refractivity contribution in [2.45, 2.75) is 6.54 Å². The third-order valence-corrected chi connectivity index (χ3v) is 2.81. The molecule has 1 aromatic heterocycles. The van der Waals surface area contributed by atoms with E-state index in [0.29, 0.717) is 17.7 Å². The molecule has 0 radical (unpaired) electrons. The number of nitrogens with zero attached hydrogens (tertiary/aromatic N) is 2. The van der Waals surface area contributed by atoms with Crippen molar-refractivity contribution in [2.75, 3.05) is 5.75 Å². The number of hydrogen-bond acceptors (Lipinski definition) is 3. The van der Waals surface area contributed by atoms with Crippen molar-refractivity contribution < 1.29 is 0 Å². The minimum absolute atomic E-state index is 0.0824. The fraction of sp³-hybridized carbons (Fsp3) is 0.167. The SMILES string of the molecule is C=C(CS)Cn1ncc2ccccc2c1=O. The molecule has 1 aromatic carbocycles. The Hall–Kier alpha value is -1.55. The molecule has 4 heteroatoms. The lowest BCUT2D eigenvalue weighted by atomic mass is 10.2. The zero-order valence-corrected chi connectivity index (χ0v) is 9.65. The topological polar surface area (TPSA) is 34.9 Å². The summed E-state index contributed by atoms with van der Waals surface area (Å²) in [6.07, 6.45) is 1.70. The second-order valence-electron chi connectivity index (χ2n) is 3.60. The van der Waals surface area contributed by atoms with E-state index in [1.165, 1.54) is 4.68 Å². The van der Waals surface area contributed by atoms with Crippen LogP contribution in [0.5, 0.6) is 0 Å². The molecule has 0 atom stereocenters. The average molecular weight is 232 g/mol. The molecule has 0 aliphatic heterocycles. The molecule has 0 saturated heterocycles. The summed E-state index contributed by atoms with van der Waals surface area (Å²) in [6.45, 7) is 4.24. The maximum Gasteiger partial charge on any atom is 0.274 e. The first-order valence-electron chi connectivity index (χ1n) is 4.95. The first-order chi connectivity index (χ1) is 7.72. The summed E-state index contributed by atoms with van der Waals surface area (Å²) in [5.41, 5.74) is 0.786. The molecule has 0 bridgehead atoms. The van der Waals surface area contributed by atoms with Gasteiger partial charge >= 0.3 is 0 Å². The van der Waals surface area contributed by atoms with Crippen LogP contribution in [0.15, 0.2) is 47.4 Å². The summed E-state index contributed by atoms with van der Waals surface area (Å²) in [6, 6.07) is 7.42. The van der Waals surface area contributed by atoms with Crippen LogP contribution in [0.3, 0.4) is 0 Å². The predicted molar refractivity (Wildman–Crippen MR) is 69.0 cm³/mol. The highest BCUT2D eigenvalue weighted by molar-refractivity contribution is 7.80. The fourth-order valence-corrected chi connectivity index (χ4v) is 1.60. The van der Waals surface area contributed by atoms with E-state index in [1.807, 2.05) is 18.2 Å². The van der Waals surface area contributed by atoms with E-state index in [1.54, 1.807) is 12.3 Å². The fourth-order valence-electron chi connectivity index (χ4n) is 1.50. The van der Waals surface area contributed by atoms with Gasteiger partial charge in [0.15, 0.2) is 0 Å². The van der Waals surface area contributed by atoms with Crippen molar-refractivity contribution in [3.05, 3.63) is 53.0 Å². The van der Waals surface area contributed by atoms with Gasteiger partial charge in [0.1, 0.15) is 0 Å². The van der Waals surface area contributed by atoms with Gasteiger partial charge in [0.05, 0.1) is 18.1 Å². The van der Waals surface area contributed by atoms with Gasteiger partial charge in [-0.05, 0) is 11.6 Å². The molecule has 0 amide bonds. The molecule has 0 aliphatic carbocycles. The van der Waals surface area contributed by atoms with Crippen molar-refractivity contribution in [3.63, 3.8) is 0 Å². The molecule has 0 aliphatic rings. The molecule has 0 saturated carbocycles. The van der Waals surface area contributed by atoms with E-state index in [2.05, 4.69) is 24.3 Å². The van der Waals surface area contributed by atoms with Crippen LogP contribution in [0.4, 0.5) is 0 Å².